The molecule has 0 radical (unpaired) electrons. The Labute approximate surface area is 307 Å². The maximum Gasteiger partial charge on any atom is 0.0467 e. The van der Waals surface area contributed by atoms with E-state index in [1.165, 1.54) is 75.1 Å². The Balaban J connectivity index is 1.04. The van der Waals surface area contributed by atoms with Crippen LogP contribution in [0.15, 0.2) is 200 Å². The van der Waals surface area contributed by atoms with Crippen molar-refractivity contribution in [1.29, 1.82) is 0 Å². The number of hydrogen-bond acceptors (Lipinski definition) is 2. The quantitative estimate of drug-likeness (QED) is 0.169. The molecule has 52 heavy (non-hydrogen) atoms. The third-order valence-corrected chi connectivity index (χ3v) is 11.4. The molecule has 0 aliphatic heterocycles. The molecule has 1 nitrogen and oxygen atoms in total. The number of thiophene rings is 1. The average Bonchev–Trinajstić information content (AvgIpc) is 3.58. The summed E-state index contributed by atoms with van der Waals surface area (Å²) in [5.41, 5.74) is 10.6. The lowest BCUT2D eigenvalue weighted by atomic mass is 9.97. The molecule has 0 atom stereocenters. The fourth-order valence-electron chi connectivity index (χ4n) is 7.62. The molecule has 0 spiro atoms. The number of rotatable bonds is 6. The van der Waals surface area contributed by atoms with Crippen molar-refractivity contribution in [2.75, 3.05) is 4.90 Å². The second-order valence-electron chi connectivity index (χ2n) is 13.4. The third kappa shape index (κ3) is 5.42. The summed E-state index contributed by atoms with van der Waals surface area (Å²) in [6.45, 7) is 0. The number of hydrogen-bond donors (Lipinski definition) is 0. The van der Waals surface area contributed by atoms with Gasteiger partial charge in [-0.3, -0.25) is 0 Å². The third-order valence-electron chi connectivity index (χ3n) is 10.2. The number of anilines is 3. The highest BCUT2D eigenvalue weighted by Crippen LogP contribution is 2.40. The summed E-state index contributed by atoms with van der Waals surface area (Å²) in [6, 6.07) is 72.9. The Bertz CT molecular complexity index is 2880. The highest BCUT2D eigenvalue weighted by Gasteiger charge is 2.15. The van der Waals surface area contributed by atoms with Gasteiger partial charge in [-0.1, -0.05) is 140 Å². The predicted octanol–water partition coefficient (Wildman–Crippen LogP) is 14.8. The average molecular weight is 680 g/mol. The lowest BCUT2D eigenvalue weighted by molar-refractivity contribution is 1.28. The monoisotopic (exact) mass is 679 g/mol. The molecule has 10 rings (SSSR count). The first-order valence-corrected chi connectivity index (χ1v) is 18.6. The van der Waals surface area contributed by atoms with Crippen LogP contribution in [0, 0.1) is 0 Å². The van der Waals surface area contributed by atoms with Crippen molar-refractivity contribution in [3.8, 4) is 33.4 Å². The molecule has 244 valence electrons. The lowest BCUT2D eigenvalue weighted by Crippen LogP contribution is -2.10. The van der Waals surface area contributed by atoms with Gasteiger partial charge in [0.1, 0.15) is 0 Å². The Morgan fingerprint density at radius 3 is 1.73 bits per heavy atom. The van der Waals surface area contributed by atoms with Crippen LogP contribution in [0.5, 0.6) is 0 Å². The number of fused-ring (bicyclic) bond motifs is 5. The van der Waals surface area contributed by atoms with Gasteiger partial charge in [0, 0.05) is 37.2 Å². The molecule has 9 aromatic carbocycles. The van der Waals surface area contributed by atoms with Crippen LogP contribution < -0.4 is 4.90 Å². The predicted molar refractivity (Wildman–Crippen MR) is 225 cm³/mol. The van der Waals surface area contributed by atoms with Gasteiger partial charge in [-0.2, -0.15) is 0 Å². The van der Waals surface area contributed by atoms with Crippen LogP contribution in [-0.2, 0) is 0 Å². The van der Waals surface area contributed by atoms with Gasteiger partial charge in [0.05, 0.1) is 0 Å². The normalized spacial score (nSPS) is 11.5. The summed E-state index contributed by atoms with van der Waals surface area (Å²) in [7, 11) is 0. The van der Waals surface area contributed by atoms with E-state index in [2.05, 4.69) is 205 Å². The number of nitrogens with zero attached hydrogens (tertiary/aromatic N) is 1. The van der Waals surface area contributed by atoms with Crippen LogP contribution in [0.2, 0.25) is 0 Å². The summed E-state index contributed by atoms with van der Waals surface area (Å²) >= 11 is 1.87. The van der Waals surface area contributed by atoms with E-state index in [1.807, 2.05) is 11.3 Å². The van der Waals surface area contributed by atoms with E-state index in [0.29, 0.717) is 0 Å². The maximum absolute atomic E-state index is 2.37. The molecule has 0 N–H and O–H groups in total. The van der Waals surface area contributed by atoms with Crippen molar-refractivity contribution in [2.45, 2.75) is 0 Å². The second kappa shape index (κ2) is 12.7. The fourth-order valence-corrected chi connectivity index (χ4v) is 8.76. The summed E-state index contributed by atoms with van der Waals surface area (Å²) in [4.78, 5) is 2.36. The highest BCUT2D eigenvalue weighted by atomic mass is 32.1. The van der Waals surface area contributed by atoms with Crippen molar-refractivity contribution in [3.63, 3.8) is 0 Å². The zero-order chi connectivity index (χ0) is 34.4. The molecule has 0 bridgehead atoms. The Hall–Kier alpha value is -6.48. The zero-order valence-electron chi connectivity index (χ0n) is 28.4. The molecule has 0 saturated carbocycles. The van der Waals surface area contributed by atoms with Crippen LogP contribution in [0.25, 0.3) is 75.1 Å². The molecule has 0 fully saturated rings. The molecule has 0 unspecified atom stereocenters. The highest BCUT2D eigenvalue weighted by molar-refractivity contribution is 7.25. The molecular weight excluding hydrogens is 647 g/mol. The van der Waals surface area contributed by atoms with Crippen LogP contribution in [0.4, 0.5) is 17.1 Å². The van der Waals surface area contributed by atoms with Crippen LogP contribution in [-0.4, -0.2) is 0 Å². The smallest absolute Gasteiger partial charge is 0.0467 e. The van der Waals surface area contributed by atoms with Gasteiger partial charge in [-0.05, 0) is 116 Å². The first-order chi connectivity index (χ1) is 25.7. The molecule has 0 aliphatic rings. The van der Waals surface area contributed by atoms with Crippen molar-refractivity contribution < 1.29 is 0 Å². The summed E-state index contributed by atoms with van der Waals surface area (Å²) in [5, 5.41) is 7.73. The summed E-state index contributed by atoms with van der Waals surface area (Å²) in [6.07, 6.45) is 0. The zero-order valence-corrected chi connectivity index (χ0v) is 29.2. The minimum absolute atomic E-state index is 1.11. The van der Waals surface area contributed by atoms with Gasteiger partial charge in [-0.25, -0.2) is 0 Å². The van der Waals surface area contributed by atoms with Gasteiger partial charge in [0.25, 0.3) is 0 Å². The number of benzene rings is 9. The Kier molecular flexibility index (Phi) is 7.41. The first kappa shape index (κ1) is 30.4. The van der Waals surface area contributed by atoms with E-state index in [-0.39, 0.29) is 0 Å². The van der Waals surface area contributed by atoms with E-state index in [4.69, 9.17) is 0 Å². The van der Waals surface area contributed by atoms with Gasteiger partial charge in [0.2, 0.25) is 0 Å². The van der Waals surface area contributed by atoms with Crippen molar-refractivity contribution in [3.05, 3.63) is 200 Å². The van der Waals surface area contributed by atoms with E-state index >= 15 is 0 Å². The fraction of sp³-hybridized carbons (Fsp3) is 0. The minimum Gasteiger partial charge on any atom is -0.310 e. The molecule has 0 saturated heterocycles. The molecule has 0 aliphatic carbocycles. The largest absolute Gasteiger partial charge is 0.310 e. The Morgan fingerprint density at radius 2 is 0.904 bits per heavy atom. The second-order valence-corrected chi connectivity index (χ2v) is 14.5. The first-order valence-electron chi connectivity index (χ1n) is 17.7. The molecule has 1 aromatic heterocycles. The topological polar surface area (TPSA) is 3.24 Å². The van der Waals surface area contributed by atoms with Crippen molar-refractivity contribution >= 4 is 70.1 Å². The van der Waals surface area contributed by atoms with Gasteiger partial charge in [0.15, 0.2) is 0 Å². The van der Waals surface area contributed by atoms with E-state index in [1.54, 1.807) is 0 Å². The molecule has 0 amide bonds. The standard InChI is InChI=1S/C50H33NS/c1-2-10-34(11-3-1)38-14-8-15-44(31-38)51(43-28-24-37(25-29-43)46-18-9-13-36-12-4-5-16-45(36)46)42-26-22-35(23-27-42)39-20-21-40-33-50-48(32-41(40)30-39)47-17-6-7-19-49(47)52-50/h1-33H. The van der Waals surface area contributed by atoms with E-state index in [0.717, 1.165) is 17.1 Å². The molecular formula is C50H33NS. The van der Waals surface area contributed by atoms with E-state index in [9.17, 15) is 0 Å². The lowest BCUT2D eigenvalue weighted by Gasteiger charge is -2.26. The van der Waals surface area contributed by atoms with Gasteiger partial charge in [-0.15, -0.1) is 11.3 Å². The molecule has 10 aromatic rings. The van der Waals surface area contributed by atoms with Crippen LogP contribution in [0.1, 0.15) is 0 Å². The van der Waals surface area contributed by atoms with Gasteiger partial charge >= 0.3 is 0 Å². The van der Waals surface area contributed by atoms with Gasteiger partial charge < -0.3 is 4.90 Å². The van der Waals surface area contributed by atoms with Crippen molar-refractivity contribution in [1.82, 2.24) is 0 Å². The summed E-state index contributed by atoms with van der Waals surface area (Å²) in [5.74, 6) is 0. The summed E-state index contributed by atoms with van der Waals surface area (Å²) < 4.78 is 2.68. The van der Waals surface area contributed by atoms with E-state index < -0.39 is 0 Å². The van der Waals surface area contributed by atoms with Crippen LogP contribution >= 0.6 is 11.3 Å². The maximum atomic E-state index is 2.37. The van der Waals surface area contributed by atoms with Crippen molar-refractivity contribution in [2.24, 2.45) is 0 Å². The SMILES string of the molecule is c1ccc(-c2cccc(N(c3ccc(-c4ccc5cc6sc7ccccc7c6cc5c4)cc3)c3ccc(-c4cccc5ccccc45)cc3)c2)cc1. The van der Waals surface area contributed by atoms with Crippen LogP contribution in [0.3, 0.4) is 0 Å². The minimum atomic E-state index is 1.11. The Morgan fingerprint density at radius 1 is 0.288 bits per heavy atom. The molecule has 1 heterocycles. The molecule has 2 heteroatoms.